The van der Waals surface area contributed by atoms with Gasteiger partial charge in [-0.25, -0.2) is 0 Å². The first-order valence-electron chi connectivity index (χ1n) is 6.77. The fourth-order valence-corrected chi connectivity index (χ4v) is 1.76. The van der Waals surface area contributed by atoms with Crippen LogP contribution in [0.15, 0.2) is 48.8 Å². The number of ether oxygens (including phenoxy) is 2. The van der Waals surface area contributed by atoms with E-state index in [0.29, 0.717) is 24.5 Å². The van der Waals surface area contributed by atoms with Crippen molar-refractivity contribution >= 4 is 11.7 Å². The summed E-state index contributed by atoms with van der Waals surface area (Å²) in [6.45, 7) is 0.638. The molecule has 0 aliphatic heterocycles. The number of rotatable bonds is 7. The topological polar surface area (TPSA) is 74.4 Å². The Morgan fingerprint density at radius 1 is 1.14 bits per heavy atom. The Balaban J connectivity index is 1.61. The molecule has 0 bridgehead atoms. The number of hydrogen-bond donors (Lipinski definition) is 1. The molecule has 0 aliphatic carbocycles. The zero-order valence-corrected chi connectivity index (χ0v) is 11.7. The SMILES string of the molecule is Nc1cccc(OCCC(=O)OCCc2ccncc2)c1. The number of aromatic nitrogens is 1. The second kappa shape index (κ2) is 7.89. The van der Waals surface area contributed by atoms with Crippen molar-refractivity contribution in [2.75, 3.05) is 18.9 Å². The van der Waals surface area contributed by atoms with Crippen LogP contribution in [0.2, 0.25) is 0 Å². The molecule has 1 aromatic heterocycles. The van der Waals surface area contributed by atoms with Crippen molar-refractivity contribution in [3.63, 3.8) is 0 Å². The van der Waals surface area contributed by atoms with Gasteiger partial charge in [-0.1, -0.05) is 6.07 Å². The summed E-state index contributed by atoms with van der Waals surface area (Å²) < 4.78 is 10.6. The molecule has 0 aliphatic rings. The average molecular weight is 286 g/mol. The maximum Gasteiger partial charge on any atom is 0.309 e. The highest BCUT2D eigenvalue weighted by atomic mass is 16.5. The van der Waals surface area contributed by atoms with Gasteiger partial charge in [0.05, 0.1) is 19.6 Å². The first-order chi connectivity index (χ1) is 10.2. The summed E-state index contributed by atoms with van der Waals surface area (Å²) in [5, 5.41) is 0. The van der Waals surface area contributed by atoms with E-state index in [0.717, 1.165) is 5.56 Å². The maximum absolute atomic E-state index is 11.6. The zero-order valence-electron chi connectivity index (χ0n) is 11.7. The lowest BCUT2D eigenvalue weighted by molar-refractivity contribution is -0.144. The summed E-state index contributed by atoms with van der Waals surface area (Å²) in [6, 6.07) is 10.9. The Hall–Kier alpha value is -2.56. The minimum Gasteiger partial charge on any atom is -0.493 e. The van der Waals surface area contributed by atoms with Crippen LogP contribution in [-0.2, 0) is 16.0 Å². The van der Waals surface area contributed by atoms with E-state index in [-0.39, 0.29) is 19.0 Å². The number of nitrogen functional groups attached to an aromatic ring is 1. The molecule has 2 aromatic rings. The fraction of sp³-hybridized carbons (Fsp3) is 0.250. The smallest absolute Gasteiger partial charge is 0.309 e. The number of pyridine rings is 1. The molecule has 5 nitrogen and oxygen atoms in total. The number of benzene rings is 1. The van der Waals surface area contributed by atoms with E-state index < -0.39 is 0 Å². The van der Waals surface area contributed by atoms with Crippen LogP contribution >= 0.6 is 0 Å². The summed E-state index contributed by atoms with van der Waals surface area (Å²) in [6.07, 6.45) is 4.34. The van der Waals surface area contributed by atoms with E-state index in [1.165, 1.54) is 0 Å². The van der Waals surface area contributed by atoms with Gasteiger partial charge in [0.1, 0.15) is 5.75 Å². The van der Waals surface area contributed by atoms with Gasteiger partial charge in [0, 0.05) is 30.6 Å². The van der Waals surface area contributed by atoms with Gasteiger partial charge in [-0.05, 0) is 29.8 Å². The Kier molecular flexibility index (Phi) is 5.58. The minimum absolute atomic E-state index is 0.213. The predicted molar refractivity (Wildman–Crippen MR) is 79.9 cm³/mol. The van der Waals surface area contributed by atoms with E-state index in [2.05, 4.69) is 4.98 Å². The number of esters is 1. The summed E-state index contributed by atoms with van der Waals surface area (Å²) in [5.41, 5.74) is 7.36. The molecule has 0 fully saturated rings. The number of hydrogen-bond acceptors (Lipinski definition) is 5. The molecular formula is C16H18N2O3. The third-order valence-corrected chi connectivity index (χ3v) is 2.84. The number of carbonyl (C=O) groups excluding carboxylic acids is 1. The Morgan fingerprint density at radius 2 is 1.95 bits per heavy atom. The van der Waals surface area contributed by atoms with Crippen molar-refractivity contribution < 1.29 is 14.3 Å². The summed E-state index contributed by atoms with van der Waals surface area (Å²) >= 11 is 0. The molecule has 5 heteroatoms. The number of carbonyl (C=O) groups is 1. The van der Waals surface area contributed by atoms with Gasteiger partial charge in [-0.3, -0.25) is 9.78 Å². The highest BCUT2D eigenvalue weighted by Gasteiger charge is 2.04. The molecule has 2 N–H and O–H groups in total. The van der Waals surface area contributed by atoms with Gasteiger partial charge >= 0.3 is 5.97 Å². The molecule has 1 aromatic carbocycles. The van der Waals surface area contributed by atoms with E-state index in [1.807, 2.05) is 12.1 Å². The first kappa shape index (κ1) is 14.8. The van der Waals surface area contributed by atoms with Crippen LogP contribution in [0.4, 0.5) is 5.69 Å². The molecule has 0 amide bonds. The highest BCUT2D eigenvalue weighted by Crippen LogP contribution is 2.14. The van der Waals surface area contributed by atoms with Crippen LogP contribution in [-0.4, -0.2) is 24.2 Å². The predicted octanol–water partition coefficient (Wildman–Crippen LogP) is 2.22. The molecule has 21 heavy (non-hydrogen) atoms. The number of nitrogens with two attached hydrogens (primary N) is 1. The van der Waals surface area contributed by atoms with E-state index >= 15 is 0 Å². The van der Waals surface area contributed by atoms with Gasteiger partial charge in [0.2, 0.25) is 0 Å². The summed E-state index contributed by atoms with van der Waals surface area (Å²) in [4.78, 5) is 15.5. The molecule has 0 spiro atoms. The molecule has 1 heterocycles. The molecular weight excluding hydrogens is 268 g/mol. The molecule has 0 radical (unpaired) electrons. The zero-order chi connectivity index (χ0) is 14.9. The molecule has 0 atom stereocenters. The third kappa shape index (κ3) is 5.52. The average Bonchev–Trinajstić information content (AvgIpc) is 2.48. The van der Waals surface area contributed by atoms with E-state index in [9.17, 15) is 4.79 Å². The molecule has 0 unspecified atom stereocenters. The van der Waals surface area contributed by atoms with Crippen LogP contribution in [0.1, 0.15) is 12.0 Å². The van der Waals surface area contributed by atoms with Gasteiger partial charge in [0.15, 0.2) is 0 Å². The van der Waals surface area contributed by atoms with Gasteiger partial charge in [-0.2, -0.15) is 0 Å². The highest BCUT2D eigenvalue weighted by molar-refractivity contribution is 5.69. The minimum atomic E-state index is -0.270. The quantitative estimate of drug-likeness (QED) is 0.624. The lowest BCUT2D eigenvalue weighted by Gasteiger charge is -2.07. The number of nitrogens with zero attached hydrogens (tertiary/aromatic N) is 1. The van der Waals surface area contributed by atoms with Crippen molar-refractivity contribution in [1.82, 2.24) is 4.98 Å². The molecule has 0 saturated heterocycles. The standard InChI is InChI=1S/C16H18N2O3/c17-14-2-1-3-15(12-14)20-11-7-16(19)21-10-6-13-4-8-18-9-5-13/h1-5,8-9,12H,6-7,10-11,17H2. The fourth-order valence-electron chi connectivity index (χ4n) is 1.76. The second-order valence-corrected chi connectivity index (χ2v) is 4.50. The van der Waals surface area contributed by atoms with Gasteiger partial charge in [0.25, 0.3) is 0 Å². The largest absolute Gasteiger partial charge is 0.493 e. The Labute approximate surface area is 123 Å². The summed E-state index contributed by atoms with van der Waals surface area (Å²) in [5.74, 6) is 0.382. The lowest BCUT2D eigenvalue weighted by atomic mass is 10.2. The number of anilines is 1. The van der Waals surface area contributed by atoms with Crippen LogP contribution in [0.3, 0.4) is 0 Å². The van der Waals surface area contributed by atoms with Crippen LogP contribution < -0.4 is 10.5 Å². The van der Waals surface area contributed by atoms with E-state index in [4.69, 9.17) is 15.2 Å². The molecule has 110 valence electrons. The van der Waals surface area contributed by atoms with Crippen LogP contribution in [0, 0.1) is 0 Å². The Morgan fingerprint density at radius 3 is 2.71 bits per heavy atom. The second-order valence-electron chi connectivity index (χ2n) is 4.50. The van der Waals surface area contributed by atoms with Crippen molar-refractivity contribution in [1.29, 1.82) is 0 Å². The van der Waals surface area contributed by atoms with Crippen molar-refractivity contribution in [3.05, 3.63) is 54.4 Å². The summed E-state index contributed by atoms with van der Waals surface area (Å²) in [7, 11) is 0. The molecule has 2 rings (SSSR count). The normalized spacial score (nSPS) is 10.1. The lowest BCUT2D eigenvalue weighted by Crippen LogP contribution is -2.11. The molecule has 0 saturated carbocycles. The van der Waals surface area contributed by atoms with Crippen LogP contribution in [0.25, 0.3) is 0 Å². The first-order valence-corrected chi connectivity index (χ1v) is 6.77. The van der Waals surface area contributed by atoms with Crippen molar-refractivity contribution in [2.45, 2.75) is 12.8 Å². The van der Waals surface area contributed by atoms with Gasteiger partial charge in [-0.15, -0.1) is 0 Å². The van der Waals surface area contributed by atoms with Crippen LogP contribution in [0.5, 0.6) is 5.75 Å². The van der Waals surface area contributed by atoms with Gasteiger partial charge < -0.3 is 15.2 Å². The maximum atomic E-state index is 11.6. The van der Waals surface area contributed by atoms with Crippen molar-refractivity contribution in [2.24, 2.45) is 0 Å². The monoisotopic (exact) mass is 286 g/mol. The van der Waals surface area contributed by atoms with Crippen molar-refractivity contribution in [3.8, 4) is 5.75 Å². The Bertz CT molecular complexity index is 573. The third-order valence-electron chi connectivity index (χ3n) is 2.84. The van der Waals surface area contributed by atoms with E-state index in [1.54, 1.807) is 36.7 Å².